The zero-order valence-corrected chi connectivity index (χ0v) is 7.63. The number of rotatable bonds is 4. The normalized spacial score (nSPS) is 25.8. The van der Waals surface area contributed by atoms with Crippen LogP contribution in [0.1, 0.15) is 25.7 Å². The molecule has 0 amide bonds. The first kappa shape index (κ1) is 10.9. The van der Waals surface area contributed by atoms with Gasteiger partial charge >= 0.3 is 0 Å². The molecule has 1 rings (SSSR count). The van der Waals surface area contributed by atoms with Crippen molar-refractivity contribution in [3.63, 3.8) is 0 Å². The van der Waals surface area contributed by atoms with Gasteiger partial charge in [0.1, 0.15) is 12.2 Å². The molecule has 0 bridgehead atoms. The number of hydrogen-bond donors (Lipinski definition) is 4. The number of hydrogen-bond acceptors (Lipinski definition) is 4. The molecule has 1 fully saturated rings. The topological polar surface area (TPSA) is 80.9 Å². The molecule has 0 aromatic carbocycles. The van der Waals surface area contributed by atoms with Crippen LogP contribution in [0.4, 0.5) is 0 Å². The molecule has 0 radical (unpaired) electrons. The van der Waals surface area contributed by atoms with E-state index in [1.54, 1.807) is 0 Å². The Balaban J connectivity index is 2.40. The molecule has 0 aromatic rings. The minimum atomic E-state index is -1.23. The van der Waals surface area contributed by atoms with E-state index >= 15 is 0 Å². The first-order chi connectivity index (χ1) is 6.16. The highest BCUT2D eigenvalue weighted by atomic mass is 16.4. The van der Waals surface area contributed by atoms with Crippen LogP contribution >= 0.6 is 0 Å². The van der Waals surface area contributed by atoms with Gasteiger partial charge in [-0.25, -0.2) is 0 Å². The Hall–Kier alpha value is -0.160. The Labute approximate surface area is 77.8 Å². The summed E-state index contributed by atoms with van der Waals surface area (Å²) in [7, 11) is 0. The van der Waals surface area contributed by atoms with E-state index in [4.69, 9.17) is 10.2 Å². The van der Waals surface area contributed by atoms with Crippen molar-refractivity contribution in [2.75, 3.05) is 6.61 Å². The lowest BCUT2D eigenvalue weighted by atomic mass is 9.94. The summed E-state index contributed by atoms with van der Waals surface area (Å²) in [5.74, 6) is 0.0798. The van der Waals surface area contributed by atoms with Crippen LogP contribution < -0.4 is 0 Å². The Bertz CT molecular complexity index is 145. The van der Waals surface area contributed by atoms with Gasteiger partial charge in [0.05, 0.1) is 12.7 Å². The van der Waals surface area contributed by atoms with Crippen LogP contribution in [-0.2, 0) is 0 Å². The predicted molar refractivity (Wildman–Crippen MR) is 47.1 cm³/mol. The second-order valence-corrected chi connectivity index (χ2v) is 3.78. The Morgan fingerprint density at radius 1 is 1.08 bits per heavy atom. The molecule has 1 aliphatic carbocycles. The molecule has 0 spiro atoms. The standard InChI is InChI=1S/C9H18O4/c10-5-7(11)9(13)8(12)6-3-1-2-4-6/h6-13H,1-5H2. The fraction of sp³-hybridized carbons (Fsp3) is 1.00. The summed E-state index contributed by atoms with van der Waals surface area (Å²) in [6, 6.07) is 0. The van der Waals surface area contributed by atoms with Gasteiger partial charge in [-0.1, -0.05) is 12.8 Å². The van der Waals surface area contributed by atoms with Crippen molar-refractivity contribution in [1.82, 2.24) is 0 Å². The fourth-order valence-electron chi connectivity index (χ4n) is 1.91. The maximum Gasteiger partial charge on any atom is 0.108 e. The molecule has 4 nitrogen and oxygen atoms in total. The van der Waals surface area contributed by atoms with Crippen molar-refractivity contribution in [3.8, 4) is 0 Å². The van der Waals surface area contributed by atoms with E-state index in [0.717, 1.165) is 25.7 Å². The van der Waals surface area contributed by atoms with Crippen LogP contribution in [0.25, 0.3) is 0 Å². The van der Waals surface area contributed by atoms with Crippen molar-refractivity contribution in [2.24, 2.45) is 5.92 Å². The van der Waals surface area contributed by atoms with Crippen LogP contribution in [0.15, 0.2) is 0 Å². The molecule has 3 unspecified atom stereocenters. The van der Waals surface area contributed by atoms with E-state index in [0.29, 0.717) is 0 Å². The van der Waals surface area contributed by atoms with Gasteiger partial charge < -0.3 is 20.4 Å². The maximum absolute atomic E-state index is 9.60. The predicted octanol–water partition coefficient (Wildman–Crippen LogP) is -0.748. The highest BCUT2D eigenvalue weighted by Gasteiger charge is 2.32. The molecule has 4 N–H and O–H groups in total. The quantitative estimate of drug-likeness (QED) is 0.470. The Morgan fingerprint density at radius 2 is 1.62 bits per heavy atom. The van der Waals surface area contributed by atoms with E-state index in [9.17, 15) is 10.2 Å². The van der Waals surface area contributed by atoms with Crippen LogP contribution in [0, 0.1) is 5.92 Å². The SMILES string of the molecule is OCC(O)C(O)C(O)C1CCCC1. The Kier molecular flexibility index (Phi) is 4.12. The third-order valence-corrected chi connectivity index (χ3v) is 2.81. The van der Waals surface area contributed by atoms with E-state index < -0.39 is 24.9 Å². The molecular formula is C9H18O4. The van der Waals surface area contributed by atoms with E-state index in [-0.39, 0.29) is 5.92 Å². The van der Waals surface area contributed by atoms with Crippen LogP contribution in [0.2, 0.25) is 0 Å². The summed E-state index contributed by atoms with van der Waals surface area (Å²) >= 11 is 0. The van der Waals surface area contributed by atoms with Crippen molar-refractivity contribution < 1.29 is 20.4 Å². The largest absolute Gasteiger partial charge is 0.394 e. The monoisotopic (exact) mass is 190 g/mol. The average molecular weight is 190 g/mol. The van der Waals surface area contributed by atoms with Gasteiger partial charge in [-0.3, -0.25) is 0 Å². The molecule has 1 saturated carbocycles. The average Bonchev–Trinajstić information content (AvgIpc) is 2.67. The van der Waals surface area contributed by atoms with Gasteiger partial charge in [0.2, 0.25) is 0 Å². The summed E-state index contributed by atoms with van der Waals surface area (Å²) in [6.45, 7) is -0.509. The van der Waals surface area contributed by atoms with Crippen LogP contribution in [-0.4, -0.2) is 45.3 Å². The fourth-order valence-corrected chi connectivity index (χ4v) is 1.91. The first-order valence-electron chi connectivity index (χ1n) is 4.82. The first-order valence-corrected chi connectivity index (χ1v) is 4.82. The molecule has 1 aliphatic rings. The van der Waals surface area contributed by atoms with E-state index in [1.165, 1.54) is 0 Å². The lowest BCUT2D eigenvalue weighted by Gasteiger charge is -2.25. The molecule has 4 heteroatoms. The summed E-state index contributed by atoms with van der Waals surface area (Å²) < 4.78 is 0. The molecule has 3 atom stereocenters. The minimum Gasteiger partial charge on any atom is -0.394 e. The summed E-state index contributed by atoms with van der Waals surface area (Å²) in [5.41, 5.74) is 0. The molecule has 0 aromatic heterocycles. The van der Waals surface area contributed by atoms with Gasteiger partial charge in [-0.15, -0.1) is 0 Å². The lowest BCUT2D eigenvalue weighted by molar-refractivity contribution is -0.0937. The molecule has 0 aliphatic heterocycles. The zero-order chi connectivity index (χ0) is 9.84. The summed E-state index contributed by atoms with van der Waals surface area (Å²) in [6.07, 6.45) is 0.605. The molecule has 0 saturated heterocycles. The van der Waals surface area contributed by atoms with E-state index in [2.05, 4.69) is 0 Å². The molecule has 13 heavy (non-hydrogen) atoms. The van der Waals surface area contributed by atoms with Gasteiger partial charge in [0.15, 0.2) is 0 Å². The lowest BCUT2D eigenvalue weighted by Crippen LogP contribution is -2.42. The van der Waals surface area contributed by atoms with Crippen molar-refractivity contribution >= 4 is 0 Å². The number of aliphatic hydroxyl groups is 4. The second kappa shape index (κ2) is 4.91. The van der Waals surface area contributed by atoms with Crippen molar-refractivity contribution in [1.29, 1.82) is 0 Å². The third kappa shape index (κ3) is 2.64. The number of aliphatic hydroxyl groups excluding tert-OH is 4. The second-order valence-electron chi connectivity index (χ2n) is 3.78. The smallest absolute Gasteiger partial charge is 0.108 e. The Morgan fingerprint density at radius 3 is 2.08 bits per heavy atom. The summed E-state index contributed by atoms with van der Waals surface area (Å²) in [5, 5.41) is 36.7. The highest BCUT2D eigenvalue weighted by Crippen LogP contribution is 2.29. The van der Waals surface area contributed by atoms with Gasteiger partial charge in [-0.05, 0) is 18.8 Å². The summed E-state index contributed by atoms with van der Waals surface area (Å²) in [4.78, 5) is 0. The van der Waals surface area contributed by atoms with Gasteiger partial charge in [0, 0.05) is 0 Å². The molecule has 0 heterocycles. The highest BCUT2D eigenvalue weighted by molar-refractivity contribution is 4.83. The zero-order valence-electron chi connectivity index (χ0n) is 7.63. The third-order valence-electron chi connectivity index (χ3n) is 2.81. The van der Waals surface area contributed by atoms with Crippen LogP contribution in [0.3, 0.4) is 0 Å². The molecule has 78 valence electrons. The minimum absolute atomic E-state index is 0.0798. The van der Waals surface area contributed by atoms with Gasteiger partial charge in [0.25, 0.3) is 0 Å². The maximum atomic E-state index is 9.60. The molecular weight excluding hydrogens is 172 g/mol. The van der Waals surface area contributed by atoms with Crippen LogP contribution in [0.5, 0.6) is 0 Å². The van der Waals surface area contributed by atoms with Crippen molar-refractivity contribution in [3.05, 3.63) is 0 Å². The van der Waals surface area contributed by atoms with Crippen molar-refractivity contribution in [2.45, 2.75) is 44.0 Å². The van der Waals surface area contributed by atoms with Gasteiger partial charge in [-0.2, -0.15) is 0 Å². The van der Waals surface area contributed by atoms with E-state index in [1.807, 2.05) is 0 Å².